The van der Waals surface area contributed by atoms with E-state index >= 15 is 0 Å². The first kappa shape index (κ1) is 13.9. The number of rotatable bonds is 1. The zero-order chi connectivity index (χ0) is 16.2. The summed E-state index contributed by atoms with van der Waals surface area (Å²) < 4.78 is 34.5. The maximum Gasteiger partial charge on any atom is 0.364 e. The molecule has 0 atom stereocenters. The summed E-state index contributed by atoms with van der Waals surface area (Å²) in [4.78, 5) is 16.9. The van der Waals surface area contributed by atoms with E-state index in [0.717, 1.165) is 3.97 Å². The Labute approximate surface area is 130 Å². The predicted octanol–water partition coefficient (Wildman–Crippen LogP) is 2.35. The second kappa shape index (κ2) is 4.61. The highest BCUT2D eigenvalue weighted by Gasteiger charge is 2.20. The lowest BCUT2D eigenvalue weighted by molar-refractivity contribution is 0.476. The highest BCUT2D eigenvalue weighted by Crippen LogP contribution is 2.26. The summed E-state index contributed by atoms with van der Waals surface area (Å²) in [6.07, 6.45) is 1.51. The van der Waals surface area contributed by atoms with Gasteiger partial charge < -0.3 is 0 Å². The highest BCUT2D eigenvalue weighted by atomic mass is 32.2. The molecule has 0 aliphatic heterocycles. The van der Waals surface area contributed by atoms with Gasteiger partial charge in [-0.2, -0.15) is 8.42 Å². The van der Waals surface area contributed by atoms with E-state index in [1.54, 1.807) is 36.4 Å². The molecule has 2 aromatic carbocycles. The highest BCUT2D eigenvalue weighted by molar-refractivity contribution is 7.84. The van der Waals surface area contributed by atoms with E-state index in [4.69, 9.17) is 0 Å². The number of fused-ring (bicyclic) bond motifs is 4. The molecule has 2 heterocycles. The van der Waals surface area contributed by atoms with Crippen LogP contribution in [0.2, 0.25) is 0 Å². The lowest BCUT2D eigenvalue weighted by Crippen LogP contribution is -2.18. The minimum Gasteiger partial charge on any atom is -0.288 e. The normalized spacial score (nSPS) is 12.2. The largest absolute Gasteiger partial charge is 0.364 e. The molecule has 0 bridgehead atoms. The van der Waals surface area contributed by atoms with Gasteiger partial charge in [-0.25, -0.2) is 3.97 Å². The number of hydrogen-bond donors (Lipinski definition) is 1. The predicted molar refractivity (Wildman–Crippen MR) is 88.0 cm³/mol. The van der Waals surface area contributed by atoms with E-state index in [9.17, 15) is 17.8 Å². The number of aromatic nitrogens is 2. The molecule has 0 amide bonds. The summed E-state index contributed by atoms with van der Waals surface area (Å²) in [6, 6.07) is 13.0. The van der Waals surface area contributed by atoms with Crippen LogP contribution in [0.1, 0.15) is 0 Å². The topological polar surface area (TPSA) is 89.3 Å². The minimum absolute atomic E-state index is 0.0781. The standard InChI is InChI=1S/C16H10N2O4S/c19-16-11-5-1-2-6-13(11)18(23(20,21)22)15-12(16)8-7-10-4-3-9-17-14(10)15/h1-9H,(H,20,21,22). The van der Waals surface area contributed by atoms with E-state index in [0.29, 0.717) is 10.9 Å². The molecule has 1 N–H and O–H groups in total. The van der Waals surface area contributed by atoms with E-state index in [1.165, 1.54) is 18.3 Å². The van der Waals surface area contributed by atoms with Crippen LogP contribution >= 0.6 is 0 Å². The zero-order valence-electron chi connectivity index (χ0n) is 11.7. The number of nitrogens with zero attached hydrogens (tertiary/aromatic N) is 2. The van der Waals surface area contributed by atoms with Crippen LogP contribution in [0.15, 0.2) is 59.5 Å². The Balaban J connectivity index is 2.49. The molecular formula is C16H10N2O4S. The molecule has 0 aliphatic rings. The van der Waals surface area contributed by atoms with Crippen LogP contribution in [0.4, 0.5) is 0 Å². The van der Waals surface area contributed by atoms with Gasteiger partial charge in [0.1, 0.15) is 0 Å². The molecule has 0 unspecified atom stereocenters. The van der Waals surface area contributed by atoms with E-state index in [1.807, 2.05) is 0 Å². The van der Waals surface area contributed by atoms with Crippen molar-refractivity contribution in [3.8, 4) is 0 Å². The van der Waals surface area contributed by atoms with Gasteiger partial charge in [0.05, 0.1) is 16.6 Å². The fourth-order valence-corrected chi connectivity index (χ4v) is 3.69. The quantitative estimate of drug-likeness (QED) is 0.329. The Bertz CT molecular complexity index is 1260. The van der Waals surface area contributed by atoms with E-state index in [2.05, 4.69) is 4.98 Å². The fraction of sp³-hybridized carbons (Fsp3) is 0. The van der Waals surface area contributed by atoms with Crippen LogP contribution in [-0.4, -0.2) is 21.9 Å². The molecular weight excluding hydrogens is 316 g/mol. The molecule has 0 spiro atoms. The van der Waals surface area contributed by atoms with Crippen molar-refractivity contribution in [2.75, 3.05) is 0 Å². The molecule has 6 nitrogen and oxygen atoms in total. The first-order valence-electron chi connectivity index (χ1n) is 6.78. The van der Waals surface area contributed by atoms with Gasteiger partial charge >= 0.3 is 10.3 Å². The molecule has 4 rings (SSSR count). The molecule has 0 aliphatic carbocycles. The van der Waals surface area contributed by atoms with Crippen LogP contribution in [0.3, 0.4) is 0 Å². The summed E-state index contributed by atoms with van der Waals surface area (Å²) in [7, 11) is -4.63. The van der Waals surface area contributed by atoms with E-state index < -0.39 is 10.3 Å². The van der Waals surface area contributed by atoms with Crippen molar-refractivity contribution in [1.29, 1.82) is 0 Å². The monoisotopic (exact) mass is 326 g/mol. The minimum atomic E-state index is -4.63. The lowest BCUT2D eigenvalue weighted by atomic mass is 10.1. The summed E-state index contributed by atoms with van der Waals surface area (Å²) in [5.41, 5.74) is 0.230. The summed E-state index contributed by atoms with van der Waals surface area (Å²) >= 11 is 0. The van der Waals surface area contributed by atoms with Crippen LogP contribution < -0.4 is 5.43 Å². The average Bonchev–Trinajstić information content (AvgIpc) is 2.54. The first-order chi connectivity index (χ1) is 11.0. The van der Waals surface area contributed by atoms with Crippen LogP contribution in [0, 0.1) is 0 Å². The van der Waals surface area contributed by atoms with Gasteiger partial charge in [-0.1, -0.05) is 24.3 Å². The molecule has 0 fully saturated rings. The van der Waals surface area contributed by atoms with Crippen molar-refractivity contribution in [1.82, 2.24) is 8.96 Å². The third-order valence-electron chi connectivity index (χ3n) is 3.79. The van der Waals surface area contributed by atoms with Gasteiger partial charge in [0.2, 0.25) is 0 Å². The van der Waals surface area contributed by atoms with Crippen molar-refractivity contribution in [3.63, 3.8) is 0 Å². The van der Waals surface area contributed by atoms with Crippen LogP contribution in [0.5, 0.6) is 0 Å². The Kier molecular flexibility index (Phi) is 2.78. The fourth-order valence-electron chi connectivity index (χ4n) is 2.87. The second-order valence-electron chi connectivity index (χ2n) is 5.13. The molecule has 23 heavy (non-hydrogen) atoms. The molecule has 4 aromatic rings. The maximum atomic E-state index is 12.7. The summed E-state index contributed by atoms with van der Waals surface area (Å²) in [6.45, 7) is 0. The van der Waals surface area contributed by atoms with Gasteiger partial charge in [-0.3, -0.25) is 14.3 Å². The van der Waals surface area contributed by atoms with Crippen molar-refractivity contribution in [2.24, 2.45) is 0 Å². The van der Waals surface area contributed by atoms with Gasteiger partial charge in [-0.15, -0.1) is 0 Å². The second-order valence-corrected chi connectivity index (χ2v) is 6.39. The number of pyridine rings is 2. The van der Waals surface area contributed by atoms with Crippen LogP contribution in [0.25, 0.3) is 32.7 Å². The molecule has 0 radical (unpaired) electrons. The van der Waals surface area contributed by atoms with Gasteiger partial charge in [-0.05, 0) is 24.3 Å². The smallest absolute Gasteiger partial charge is 0.288 e. The van der Waals surface area contributed by atoms with E-state index in [-0.39, 0.29) is 27.2 Å². The van der Waals surface area contributed by atoms with Crippen molar-refractivity contribution < 1.29 is 13.0 Å². The molecule has 114 valence electrons. The summed E-state index contributed by atoms with van der Waals surface area (Å²) in [5.74, 6) is 0. The molecule has 0 saturated heterocycles. The van der Waals surface area contributed by atoms with Crippen molar-refractivity contribution in [2.45, 2.75) is 0 Å². The summed E-state index contributed by atoms with van der Waals surface area (Å²) in [5, 5.41) is 1.08. The number of para-hydroxylation sites is 1. The lowest BCUT2D eigenvalue weighted by Gasteiger charge is -2.13. The van der Waals surface area contributed by atoms with Crippen molar-refractivity contribution >= 4 is 43.0 Å². The SMILES string of the molecule is O=c1c2ccccc2n(S(=O)(=O)O)c2c1ccc1cccnc12. The molecule has 0 saturated carbocycles. The molecule has 2 aromatic heterocycles. The third kappa shape index (κ3) is 1.94. The third-order valence-corrected chi connectivity index (χ3v) is 4.63. The van der Waals surface area contributed by atoms with Crippen LogP contribution in [-0.2, 0) is 10.3 Å². The Hall–Kier alpha value is -2.77. The first-order valence-corrected chi connectivity index (χ1v) is 8.17. The zero-order valence-corrected chi connectivity index (χ0v) is 12.5. The number of hydrogen-bond acceptors (Lipinski definition) is 4. The van der Waals surface area contributed by atoms with Gasteiger partial charge in [0.25, 0.3) is 0 Å². The Morgan fingerprint density at radius 2 is 1.74 bits per heavy atom. The number of benzene rings is 2. The Morgan fingerprint density at radius 3 is 2.52 bits per heavy atom. The maximum absolute atomic E-state index is 12.7. The van der Waals surface area contributed by atoms with Gasteiger partial charge in [0.15, 0.2) is 5.43 Å². The molecule has 7 heteroatoms. The Morgan fingerprint density at radius 1 is 0.957 bits per heavy atom. The van der Waals surface area contributed by atoms with Crippen molar-refractivity contribution in [3.05, 3.63) is 65.0 Å². The van der Waals surface area contributed by atoms with Gasteiger partial charge in [0, 0.05) is 22.4 Å². The average molecular weight is 326 g/mol.